The average Bonchev–Trinajstić information content (AvgIpc) is 2.18. The first kappa shape index (κ1) is 10.8. The van der Waals surface area contributed by atoms with Gasteiger partial charge in [0.05, 0.1) is 5.75 Å². The normalized spacial score (nSPS) is 27.2. The summed E-state index contributed by atoms with van der Waals surface area (Å²) >= 11 is 3.22. The van der Waals surface area contributed by atoms with Crippen LogP contribution in [0.15, 0.2) is 24.4 Å². The predicted octanol–water partition coefficient (Wildman–Crippen LogP) is 1.19. The topological polar surface area (TPSA) is 46.2 Å². The Bertz CT molecular complexity index is 334. The number of allylic oxidation sites excluding steroid dienone is 2. The summed E-state index contributed by atoms with van der Waals surface area (Å²) in [5.74, 6) is 0.129. The Hall–Kier alpha value is -0.290. The number of hydrogen-bond acceptors (Lipinski definition) is 3. The number of nitrogens with one attached hydrogen (secondary N) is 1. The van der Waals surface area contributed by atoms with E-state index in [0.717, 1.165) is 0 Å². The van der Waals surface area contributed by atoms with E-state index < -0.39 is 14.7 Å². The molecule has 1 aliphatic rings. The Morgan fingerprint density at radius 1 is 1.46 bits per heavy atom. The molecule has 1 unspecified atom stereocenters. The fraction of sp³-hybridized carbons (Fsp3) is 0.500. The highest BCUT2D eigenvalue weighted by atomic mass is 79.9. The van der Waals surface area contributed by atoms with Gasteiger partial charge in [-0.1, -0.05) is 28.9 Å². The monoisotopic (exact) mass is 265 g/mol. The van der Waals surface area contributed by atoms with Crippen LogP contribution in [0.2, 0.25) is 0 Å². The molecule has 0 aromatic carbocycles. The summed E-state index contributed by atoms with van der Waals surface area (Å²) in [6.07, 6.45) is 6.83. The maximum atomic E-state index is 11.7. The Kier molecular flexibility index (Phi) is 3.18. The Balaban J connectivity index is 3.09. The summed E-state index contributed by atoms with van der Waals surface area (Å²) in [4.78, 5) is -0.962. The molecule has 1 rings (SSSR count). The van der Waals surface area contributed by atoms with Crippen molar-refractivity contribution in [3.05, 3.63) is 24.4 Å². The molecule has 13 heavy (non-hydrogen) atoms. The molecular formula is C8H12BrNO2S. The molecule has 0 fully saturated rings. The number of halogens is 1. The molecule has 0 bridgehead atoms. The van der Waals surface area contributed by atoms with Gasteiger partial charge in [0.2, 0.25) is 0 Å². The molecule has 0 radical (unpaired) electrons. The number of sulfone groups is 1. The highest BCUT2D eigenvalue weighted by Gasteiger charge is 2.38. The molecule has 0 spiro atoms. The minimum Gasteiger partial charge on any atom is -0.369 e. The summed E-state index contributed by atoms with van der Waals surface area (Å²) in [6.45, 7) is 1.65. The van der Waals surface area contributed by atoms with Gasteiger partial charge in [0.15, 0.2) is 14.7 Å². The van der Waals surface area contributed by atoms with Gasteiger partial charge in [-0.15, -0.1) is 0 Å². The van der Waals surface area contributed by atoms with E-state index in [4.69, 9.17) is 0 Å². The van der Waals surface area contributed by atoms with Crippen molar-refractivity contribution in [1.82, 2.24) is 5.32 Å². The summed E-state index contributed by atoms with van der Waals surface area (Å²) in [5.41, 5.74) is 0. The molecule has 0 saturated carbocycles. The van der Waals surface area contributed by atoms with E-state index >= 15 is 0 Å². The molecule has 1 heterocycles. The fourth-order valence-corrected chi connectivity index (χ4v) is 3.73. The van der Waals surface area contributed by atoms with E-state index in [1.807, 2.05) is 0 Å². The third-order valence-electron chi connectivity index (χ3n) is 2.03. The summed E-state index contributed by atoms with van der Waals surface area (Å²) in [6, 6.07) is 0. The number of alkyl halides is 1. The molecule has 0 aromatic rings. The van der Waals surface area contributed by atoms with E-state index in [-0.39, 0.29) is 5.75 Å². The van der Waals surface area contributed by atoms with Crippen LogP contribution in [0, 0.1) is 0 Å². The number of dihydropyridines is 1. The second-order valence-corrected chi connectivity index (χ2v) is 5.89. The van der Waals surface area contributed by atoms with Gasteiger partial charge < -0.3 is 5.32 Å². The van der Waals surface area contributed by atoms with E-state index in [0.29, 0.717) is 5.33 Å². The van der Waals surface area contributed by atoms with Crippen molar-refractivity contribution >= 4 is 25.8 Å². The number of hydrogen-bond donors (Lipinski definition) is 1. The van der Waals surface area contributed by atoms with Crippen molar-refractivity contribution in [2.75, 3.05) is 11.1 Å². The van der Waals surface area contributed by atoms with Crippen LogP contribution in [0.25, 0.3) is 0 Å². The van der Waals surface area contributed by atoms with E-state index in [2.05, 4.69) is 21.2 Å². The van der Waals surface area contributed by atoms with Crippen molar-refractivity contribution in [2.45, 2.75) is 11.8 Å². The molecule has 1 aliphatic heterocycles. The molecular weight excluding hydrogens is 254 g/mol. The molecule has 3 nitrogen and oxygen atoms in total. The predicted molar refractivity (Wildman–Crippen MR) is 57.4 cm³/mol. The lowest BCUT2D eigenvalue weighted by molar-refractivity contribution is 0.549. The van der Waals surface area contributed by atoms with Crippen LogP contribution in [0.4, 0.5) is 0 Å². The Morgan fingerprint density at radius 2 is 2.15 bits per heavy atom. The van der Waals surface area contributed by atoms with Crippen molar-refractivity contribution < 1.29 is 8.42 Å². The summed E-state index contributed by atoms with van der Waals surface area (Å²) < 4.78 is 23.5. The molecule has 74 valence electrons. The molecule has 1 N–H and O–H groups in total. The highest BCUT2D eigenvalue weighted by Crippen LogP contribution is 2.22. The van der Waals surface area contributed by atoms with Gasteiger partial charge in [-0.3, -0.25) is 0 Å². The minimum atomic E-state index is -3.13. The van der Waals surface area contributed by atoms with E-state index in [9.17, 15) is 8.42 Å². The third kappa shape index (κ3) is 1.81. The lowest BCUT2D eigenvalue weighted by Crippen LogP contribution is -2.51. The van der Waals surface area contributed by atoms with Crippen LogP contribution >= 0.6 is 15.9 Å². The molecule has 0 aromatic heterocycles. The summed E-state index contributed by atoms with van der Waals surface area (Å²) in [5, 5.41) is 3.23. The van der Waals surface area contributed by atoms with Crippen molar-refractivity contribution in [2.24, 2.45) is 0 Å². The van der Waals surface area contributed by atoms with Crippen molar-refractivity contribution in [1.29, 1.82) is 0 Å². The van der Waals surface area contributed by atoms with Crippen LogP contribution in [0.5, 0.6) is 0 Å². The number of rotatable bonds is 3. The molecule has 0 saturated heterocycles. The third-order valence-corrected chi connectivity index (χ3v) is 5.56. The fourth-order valence-electron chi connectivity index (χ4n) is 1.12. The van der Waals surface area contributed by atoms with Crippen LogP contribution in [-0.4, -0.2) is 24.4 Å². The van der Waals surface area contributed by atoms with Gasteiger partial charge in [-0.05, 0) is 18.4 Å². The first-order valence-electron chi connectivity index (χ1n) is 3.98. The second-order valence-electron chi connectivity index (χ2n) is 2.79. The lowest BCUT2D eigenvalue weighted by atomic mass is 10.2. The second kappa shape index (κ2) is 3.84. The van der Waals surface area contributed by atoms with Gasteiger partial charge in [-0.25, -0.2) is 8.42 Å². The largest absolute Gasteiger partial charge is 0.369 e. The molecule has 5 heteroatoms. The van der Waals surface area contributed by atoms with Crippen LogP contribution < -0.4 is 5.32 Å². The average molecular weight is 266 g/mol. The first-order chi connectivity index (χ1) is 6.08. The van der Waals surface area contributed by atoms with Gasteiger partial charge in [0.25, 0.3) is 0 Å². The zero-order valence-corrected chi connectivity index (χ0v) is 9.73. The van der Waals surface area contributed by atoms with Gasteiger partial charge >= 0.3 is 0 Å². The van der Waals surface area contributed by atoms with Crippen LogP contribution in [0.3, 0.4) is 0 Å². The van der Waals surface area contributed by atoms with Gasteiger partial charge in [0, 0.05) is 5.33 Å². The van der Waals surface area contributed by atoms with E-state index in [1.54, 1.807) is 31.4 Å². The highest BCUT2D eigenvalue weighted by molar-refractivity contribution is 9.09. The lowest BCUT2D eigenvalue weighted by Gasteiger charge is -2.29. The SMILES string of the molecule is CCS(=O)(=O)C1(CBr)C=CC=CN1. The minimum absolute atomic E-state index is 0.129. The van der Waals surface area contributed by atoms with Gasteiger partial charge in [0.1, 0.15) is 0 Å². The summed E-state index contributed by atoms with van der Waals surface area (Å²) in [7, 11) is -3.13. The molecule has 0 amide bonds. The smallest absolute Gasteiger partial charge is 0.178 e. The van der Waals surface area contributed by atoms with Crippen molar-refractivity contribution in [3.63, 3.8) is 0 Å². The maximum absolute atomic E-state index is 11.7. The standard InChI is InChI=1S/C8H12BrNO2S/c1-2-13(11,12)8(7-9)5-3-4-6-10-8/h3-6,10H,2,7H2,1H3. The van der Waals surface area contributed by atoms with Crippen LogP contribution in [-0.2, 0) is 9.84 Å². The van der Waals surface area contributed by atoms with Gasteiger partial charge in [-0.2, -0.15) is 0 Å². The molecule has 1 atom stereocenters. The van der Waals surface area contributed by atoms with E-state index in [1.165, 1.54) is 0 Å². The Labute approximate surface area is 87.0 Å². The first-order valence-corrected chi connectivity index (χ1v) is 6.76. The Morgan fingerprint density at radius 3 is 2.54 bits per heavy atom. The zero-order valence-electron chi connectivity index (χ0n) is 7.33. The zero-order chi connectivity index (χ0) is 9.95. The molecule has 0 aliphatic carbocycles. The van der Waals surface area contributed by atoms with Crippen LogP contribution in [0.1, 0.15) is 6.92 Å². The van der Waals surface area contributed by atoms with Crippen molar-refractivity contribution in [3.8, 4) is 0 Å². The quantitative estimate of drug-likeness (QED) is 0.780. The maximum Gasteiger partial charge on any atom is 0.178 e.